The van der Waals surface area contributed by atoms with Gasteiger partial charge in [-0.05, 0) is 44.0 Å². The topological polar surface area (TPSA) is 88.0 Å². The highest BCUT2D eigenvalue weighted by Gasteiger charge is 2.08. The molecule has 0 aliphatic rings. The number of hydrogen-bond acceptors (Lipinski definition) is 5. The molecule has 6 heteroatoms. The Hall–Kier alpha value is -1.79. The molecule has 1 aromatic rings. The van der Waals surface area contributed by atoms with Crippen LogP contribution in [0, 0.1) is 0 Å². The zero-order valence-corrected chi connectivity index (χ0v) is 12.3. The maximum Gasteiger partial charge on any atom is 0.341 e. The van der Waals surface area contributed by atoms with Gasteiger partial charge in [0.15, 0.2) is 18.1 Å². The van der Waals surface area contributed by atoms with E-state index in [2.05, 4.69) is 5.32 Å². The number of unbranched alkanes of at least 4 members (excludes halogenated alkanes) is 1. The predicted octanol–water partition coefficient (Wildman–Crippen LogP) is 1.41. The van der Waals surface area contributed by atoms with E-state index in [1.807, 2.05) is 19.1 Å². The highest BCUT2D eigenvalue weighted by Crippen LogP contribution is 2.28. The Morgan fingerprint density at radius 2 is 2.05 bits per heavy atom. The quantitative estimate of drug-likeness (QED) is 0.535. The number of nitrogens with one attached hydrogen (secondary N) is 1. The summed E-state index contributed by atoms with van der Waals surface area (Å²) in [6.07, 6.45) is 1.72. The van der Waals surface area contributed by atoms with Crippen molar-refractivity contribution >= 4 is 5.97 Å². The van der Waals surface area contributed by atoms with Crippen molar-refractivity contribution in [2.45, 2.75) is 26.3 Å². The minimum atomic E-state index is -1.02. The summed E-state index contributed by atoms with van der Waals surface area (Å²) in [5.41, 5.74) is 1.03. The van der Waals surface area contributed by atoms with Crippen LogP contribution in [0.3, 0.4) is 0 Å². The first-order chi connectivity index (χ1) is 10.2. The summed E-state index contributed by atoms with van der Waals surface area (Å²) in [5, 5.41) is 20.6. The number of carbonyl (C=O) groups is 1. The van der Waals surface area contributed by atoms with Gasteiger partial charge in [0.05, 0.1) is 6.61 Å². The normalized spacial score (nSPS) is 10.4. The first kappa shape index (κ1) is 17.3. The van der Waals surface area contributed by atoms with Gasteiger partial charge in [-0.3, -0.25) is 0 Å². The average Bonchev–Trinajstić information content (AvgIpc) is 2.46. The Bertz CT molecular complexity index is 436. The number of rotatable bonds is 11. The number of aliphatic carboxylic acids is 1. The molecule has 0 aliphatic heterocycles. The van der Waals surface area contributed by atoms with E-state index in [0.29, 0.717) is 24.7 Å². The summed E-state index contributed by atoms with van der Waals surface area (Å²) < 4.78 is 10.7. The molecule has 21 heavy (non-hydrogen) atoms. The third-order valence-electron chi connectivity index (χ3n) is 2.75. The van der Waals surface area contributed by atoms with Gasteiger partial charge in [0, 0.05) is 13.2 Å². The minimum absolute atomic E-state index is 0.214. The lowest BCUT2D eigenvalue weighted by Crippen LogP contribution is -2.15. The second-order valence-electron chi connectivity index (χ2n) is 4.50. The second-order valence-corrected chi connectivity index (χ2v) is 4.50. The number of benzene rings is 1. The van der Waals surface area contributed by atoms with Gasteiger partial charge in [0.2, 0.25) is 0 Å². The van der Waals surface area contributed by atoms with Crippen molar-refractivity contribution in [1.82, 2.24) is 5.32 Å². The van der Waals surface area contributed by atoms with Gasteiger partial charge >= 0.3 is 5.97 Å². The molecular formula is C15H23NO5. The summed E-state index contributed by atoms with van der Waals surface area (Å²) in [6, 6.07) is 5.44. The Labute approximate surface area is 124 Å². The SMILES string of the molecule is CCOc1cc(CNCCCCO)ccc1OCC(=O)O. The average molecular weight is 297 g/mol. The number of aliphatic hydroxyl groups excluding tert-OH is 1. The van der Waals surface area contributed by atoms with E-state index in [9.17, 15) is 4.79 Å². The van der Waals surface area contributed by atoms with Crippen LogP contribution >= 0.6 is 0 Å². The van der Waals surface area contributed by atoms with E-state index in [4.69, 9.17) is 19.7 Å². The van der Waals surface area contributed by atoms with Gasteiger partial charge in [-0.1, -0.05) is 6.07 Å². The van der Waals surface area contributed by atoms with Gasteiger partial charge < -0.3 is 25.0 Å². The van der Waals surface area contributed by atoms with E-state index in [1.54, 1.807) is 6.07 Å². The monoisotopic (exact) mass is 297 g/mol. The Morgan fingerprint density at radius 1 is 1.24 bits per heavy atom. The molecule has 1 aromatic carbocycles. The van der Waals surface area contributed by atoms with E-state index < -0.39 is 12.6 Å². The number of ether oxygens (including phenoxy) is 2. The Kier molecular flexibility index (Phi) is 8.23. The molecular weight excluding hydrogens is 274 g/mol. The number of carboxylic acids is 1. The lowest BCUT2D eigenvalue weighted by Gasteiger charge is -2.12. The number of hydrogen-bond donors (Lipinski definition) is 3. The zero-order chi connectivity index (χ0) is 15.5. The van der Waals surface area contributed by atoms with Gasteiger partial charge in [0.1, 0.15) is 0 Å². The smallest absolute Gasteiger partial charge is 0.341 e. The van der Waals surface area contributed by atoms with Crippen molar-refractivity contribution < 1.29 is 24.5 Å². The van der Waals surface area contributed by atoms with Crippen molar-refractivity contribution in [3.05, 3.63) is 23.8 Å². The third kappa shape index (κ3) is 6.97. The van der Waals surface area contributed by atoms with Crippen molar-refractivity contribution in [3.8, 4) is 11.5 Å². The maximum absolute atomic E-state index is 10.5. The molecule has 3 N–H and O–H groups in total. The molecule has 0 atom stereocenters. The summed E-state index contributed by atoms with van der Waals surface area (Å²) in [7, 11) is 0. The lowest BCUT2D eigenvalue weighted by molar-refractivity contribution is -0.139. The molecule has 0 saturated carbocycles. The minimum Gasteiger partial charge on any atom is -0.490 e. The van der Waals surface area contributed by atoms with Crippen LogP contribution in [-0.4, -0.2) is 42.5 Å². The van der Waals surface area contributed by atoms with E-state index in [0.717, 1.165) is 24.9 Å². The van der Waals surface area contributed by atoms with Crippen molar-refractivity contribution in [3.63, 3.8) is 0 Å². The molecule has 0 fully saturated rings. The third-order valence-corrected chi connectivity index (χ3v) is 2.75. The molecule has 0 radical (unpaired) electrons. The second kappa shape index (κ2) is 10.0. The van der Waals surface area contributed by atoms with Crippen LogP contribution in [0.25, 0.3) is 0 Å². The fourth-order valence-corrected chi connectivity index (χ4v) is 1.78. The van der Waals surface area contributed by atoms with Crippen LogP contribution in [-0.2, 0) is 11.3 Å². The molecule has 6 nitrogen and oxygen atoms in total. The molecule has 0 heterocycles. The van der Waals surface area contributed by atoms with Crippen LogP contribution in [0.2, 0.25) is 0 Å². The van der Waals surface area contributed by atoms with Crippen LogP contribution in [0.5, 0.6) is 11.5 Å². The van der Waals surface area contributed by atoms with Gasteiger partial charge in [0.25, 0.3) is 0 Å². The molecule has 1 rings (SSSR count). The Balaban J connectivity index is 2.57. The van der Waals surface area contributed by atoms with Gasteiger partial charge in [-0.2, -0.15) is 0 Å². The zero-order valence-electron chi connectivity index (χ0n) is 12.3. The number of aliphatic hydroxyl groups is 1. The molecule has 0 amide bonds. The number of carboxylic acid groups (broad SMARTS) is 1. The van der Waals surface area contributed by atoms with Crippen LogP contribution < -0.4 is 14.8 Å². The molecule has 118 valence electrons. The van der Waals surface area contributed by atoms with Crippen molar-refractivity contribution in [2.24, 2.45) is 0 Å². The largest absolute Gasteiger partial charge is 0.490 e. The predicted molar refractivity (Wildman–Crippen MR) is 78.8 cm³/mol. The molecule has 0 saturated heterocycles. The van der Waals surface area contributed by atoms with Crippen LogP contribution in [0.1, 0.15) is 25.3 Å². The van der Waals surface area contributed by atoms with E-state index >= 15 is 0 Å². The first-order valence-corrected chi connectivity index (χ1v) is 7.09. The standard InChI is InChI=1S/C15H23NO5/c1-2-20-14-9-12(10-16-7-3-4-8-17)5-6-13(14)21-11-15(18)19/h5-6,9,16-17H,2-4,7-8,10-11H2,1H3,(H,18,19). The molecule has 0 unspecified atom stereocenters. The summed E-state index contributed by atoms with van der Waals surface area (Å²) in [5.74, 6) is -0.0382. The molecule has 0 bridgehead atoms. The van der Waals surface area contributed by atoms with Crippen molar-refractivity contribution in [2.75, 3.05) is 26.4 Å². The first-order valence-electron chi connectivity index (χ1n) is 7.09. The van der Waals surface area contributed by atoms with E-state index in [1.165, 1.54) is 0 Å². The highest BCUT2D eigenvalue weighted by atomic mass is 16.5. The fraction of sp³-hybridized carbons (Fsp3) is 0.533. The highest BCUT2D eigenvalue weighted by molar-refractivity contribution is 5.68. The maximum atomic E-state index is 10.5. The fourth-order valence-electron chi connectivity index (χ4n) is 1.78. The lowest BCUT2D eigenvalue weighted by atomic mass is 10.2. The van der Waals surface area contributed by atoms with Gasteiger partial charge in [-0.15, -0.1) is 0 Å². The summed E-state index contributed by atoms with van der Waals surface area (Å²) in [6.45, 7) is 3.69. The molecule has 0 aliphatic carbocycles. The molecule has 0 aromatic heterocycles. The van der Waals surface area contributed by atoms with Crippen LogP contribution in [0.15, 0.2) is 18.2 Å². The van der Waals surface area contributed by atoms with Crippen molar-refractivity contribution in [1.29, 1.82) is 0 Å². The van der Waals surface area contributed by atoms with Crippen LogP contribution in [0.4, 0.5) is 0 Å². The van der Waals surface area contributed by atoms with E-state index in [-0.39, 0.29) is 6.61 Å². The Morgan fingerprint density at radius 3 is 2.71 bits per heavy atom. The summed E-state index contributed by atoms with van der Waals surface area (Å²) >= 11 is 0. The summed E-state index contributed by atoms with van der Waals surface area (Å²) in [4.78, 5) is 10.5. The molecule has 0 spiro atoms. The van der Waals surface area contributed by atoms with Gasteiger partial charge in [-0.25, -0.2) is 4.79 Å².